The zero-order valence-electron chi connectivity index (χ0n) is 14.9. The maximum absolute atomic E-state index is 13.2. The van der Waals surface area contributed by atoms with Gasteiger partial charge in [-0.1, -0.05) is 12.8 Å². The van der Waals surface area contributed by atoms with Crippen molar-refractivity contribution in [1.29, 1.82) is 0 Å². The van der Waals surface area contributed by atoms with Crippen molar-refractivity contribution in [1.82, 2.24) is 14.6 Å². The van der Waals surface area contributed by atoms with Crippen LogP contribution < -0.4 is 4.72 Å². The van der Waals surface area contributed by atoms with Crippen molar-refractivity contribution in [2.24, 2.45) is 0 Å². The zero-order chi connectivity index (χ0) is 18.7. The smallest absolute Gasteiger partial charge is 0.273 e. The third-order valence-corrected chi connectivity index (χ3v) is 6.03. The molecule has 7 nitrogen and oxygen atoms in total. The Labute approximate surface area is 153 Å². The van der Waals surface area contributed by atoms with E-state index in [-0.39, 0.29) is 17.0 Å². The molecule has 1 unspecified atom stereocenters. The zero-order valence-corrected chi connectivity index (χ0v) is 15.8. The van der Waals surface area contributed by atoms with E-state index >= 15 is 0 Å². The number of hydrogen-bond donors (Lipinski definition) is 1. The molecule has 1 aliphatic rings. The van der Waals surface area contributed by atoms with Crippen LogP contribution in [-0.4, -0.2) is 37.8 Å². The minimum Gasteiger partial charge on any atom is -0.448 e. The SMILES string of the molecule is CNS(=O)(=O)c1cc(C(=O)N2CCCCCC2c2ccncc2)c(C)o1. The lowest BCUT2D eigenvalue weighted by atomic mass is 10.0. The van der Waals surface area contributed by atoms with Gasteiger partial charge in [-0.15, -0.1) is 0 Å². The molecule has 1 saturated heterocycles. The Hall–Kier alpha value is -2.19. The van der Waals surface area contributed by atoms with E-state index in [0.717, 1.165) is 31.2 Å². The highest BCUT2D eigenvalue weighted by atomic mass is 32.2. The molecule has 1 aliphatic heterocycles. The number of rotatable bonds is 4. The molecule has 2 aromatic heterocycles. The van der Waals surface area contributed by atoms with E-state index in [1.165, 1.54) is 13.1 Å². The van der Waals surface area contributed by atoms with Crippen LogP contribution in [0.25, 0.3) is 0 Å². The molecule has 8 heteroatoms. The van der Waals surface area contributed by atoms with Crippen molar-refractivity contribution in [3.8, 4) is 0 Å². The highest BCUT2D eigenvalue weighted by Gasteiger charge is 2.31. The lowest BCUT2D eigenvalue weighted by Gasteiger charge is -2.30. The summed E-state index contributed by atoms with van der Waals surface area (Å²) in [6.45, 7) is 2.24. The molecule has 0 bridgehead atoms. The van der Waals surface area contributed by atoms with Crippen molar-refractivity contribution in [2.75, 3.05) is 13.6 Å². The number of nitrogens with one attached hydrogen (secondary N) is 1. The van der Waals surface area contributed by atoms with Crippen LogP contribution in [0.2, 0.25) is 0 Å². The van der Waals surface area contributed by atoms with Crippen LogP contribution in [0.15, 0.2) is 40.1 Å². The summed E-state index contributed by atoms with van der Waals surface area (Å²) in [6.07, 6.45) is 7.35. The van der Waals surface area contributed by atoms with Crippen LogP contribution in [0.3, 0.4) is 0 Å². The van der Waals surface area contributed by atoms with E-state index in [2.05, 4.69) is 9.71 Å². The van der Waals surface area contributed by atoms with Gasteiger partial charge in [0.15, 0.2) is 0 Å². The average molecular weight is 377 g/mol. The number of hydrogen-bond acceptors (Lipinski definition) is 5. The van der Waals surface area contributed by atoms with Crippen LogP contribution in [-0.2, 0) is 10.0 Å². The van der Waals surface area contributed by atoms with Crippen LogP contribution in [0, 0.1) is 6.92 Å². The molecule has 1 atom stereocenters. The van der Waals surface area contributed by atoms with Crippen molar-refractivity contribution >= 4 is 15.9 Å². The summed E-state index contributed by atoms with van der Waals surface area (Å²) < 4.78 is 31.5. The maximum Gasteiger partial charge on any atom is 0.273 e. The summed E-state index contributed by atoms with van der Waals surface area (Å²) in [7, 11) is -2.42. The van der Waals surface area contributed by atoms with Gasteiger partial charge in [0.05, 0.1) is 11.6 Å². The highest BCUT2D eigenvalue weighted by molar-refractivity contribution is 7.89. The quantitative estimate of drug-likeness (QED) is 0.884. The Bertz CT molecular complexity index is 877. The Kier molecular flexibility index (Phi) is 5.43. The second kappa shape index (κ2) is 7.59. The molecule has 140 valence electrons. The van der Waals surface area contributed by atoms with Crippen LogP contribution >= 0.6 is 0 Å². The molecule has 1 amide bonds. The first-order chi connectivity index (χ1) is 12.4. The number of furan rings is 1. The van der Waals surface area contributed by atoms with E-state index in [0.29, 0.717) is 17.9 Å². The summed E-state index contributed by atoms with van der Waals surface area (Å²) >= 11 is 0. The van der Waals surface area contributed by atoms with Gasteiger partial charge in [0.2, 0.25) is 5.09 Å². The number of pyridine rings is 1. The monoisotopic (exact) mass is 377 g/mol. The van der Waals surface area contributed by atoms with Crippen molar-refractivity contribution < 1.29 is 17.6 Å². The van der Waals surface area contributed by atoms with Gasteiger partial charge in [0, 0.05) is 25.0 Å². The molecule has 26 heavy (non-hydrogen) atoms. The topological polar surface area (TPSA) is 92.5 Å². The number of amides is 1. The normalized spacial score (nSPS) is 18.5. The van der Waals surface area contributed by atoms with E-state index < -0.39 is 10.0 Å². The fourth-order valence-corrected chi connectivity index (χ4v) is 4.05. The van der Waals surface area contributed by atoms with Gasteiger partial charge in [-0.05, 0) is 44.5 Å². The third-order valence-electron chi connectivity index (χ3n) is 4.76. The lowest BCUT2D eigenvalue weighted by Crippen LogP contribution is -2.35. The predicted octanol–water partition coefficient (Wildman–Crippen LogP) is 2.65. The molecular weight excluding hydrogens is 354 g/mol. The molecule has 0 radical (unpaired) electrons. The Morgan fingerprint density at radius 2 is 2.00 bits per heavy atom. The Morgan fingerprint density at radius 3 is 2.69 bits per heavy atom. The molecule has 1 fully saturated rings. The van der Waals surface area contributed by atoms with Gasteiger partial charge in [-0.2, -0.15) is 0 Å². The molecule has 0 aromatic carbocycles. The number of likely N-dealkylation sites (tertiary alicyclic amines) is 1. The summed E-state index contributed by atoms with van der Waals surface area (Å²) in [5.41, 5.74) is 1.33. The van der Waals surface area contributed by atoms with E-state index in [1.807, 2.05) is 17.0 Å². The Morgan fingerprint density at radius 1 is 1.27 bits per heavy atom. The van der Waals surface area contributed by atoms with Gasteiger partial charge in [0.1, 0.15) is 5.76 Å². The molecule has 2 aromatic rings. The summed E-state index contributed by atoms with van der Waals surface area (Å²) in [4.78, 5) is 19.1. The van der Waals surface area contributed by atoms with Crippen molar-refractivity contribution in [3.63, 3.8) is 0 Å². The molecule has 0 spiro atoms. The van der Waals surface area contributed by atoms with Gasteiger partial charge >= 0.3 is 0 Å². The number of carbonyl (C=O) groups is 1. The van der Waals surface area contributed by atoms with Crippen molar-refractivity contribution in [3.05, 3.63) is 47.5 Å². The number of nitrogens with zero attached hydrogens (tertiary/aromatic N) is 2. The number of aromatic nitrogens is 1. The van der Waals surface area contributed by atoms with Crippen LogP contribution in [0.4, 0.5) is 0 Å². The van der Waals surface area contributed by atoms with Gasteiger partial charge in [-0.3, -0.25) is 9.78 Å². The van der Waals surface area contributed by atoms with E-state index in [9.17, 15) is 13.2 Å². The molecule has 1 N–H and O–H groups in total. The first kappa shape index (κ1) is 18.6. The van der Waals surface area contributed by atoms with Crippen LogP contribution in [0.5, 0.6) is 0 Å². The molecule has 0 saturated carbocycles. The standard InChI is InChI=1S/C18H23N3O4S/c1-13-15(12-17(25-13)26(23,24)19-2)18(22)21-11-5-3-4-6-16(21)14-7-9-20-10-8-14/h7-10,12,16,19H,3-6,11H2,1-2H3. The minimum absolute atomic E-state index is 0.0494. The molecular formula is C18H23N3O4S. The van der Waals surface area contributed by atoms with E-state index in [4.69, 9.17) is 4.42 Å². The first-order valence-corrected chi connectivity index (χ1v) is 10.2. The van der Waals surface area contributed by atoms with Crippen LogP contribution in [0.1, 0.15) is 53.4 Å². The van der Waals surface area contributed by atoms with Gasteiger partial charge in [0.25, 0.3) is 15.9 Å². The van der Waals surface area contributed by atoms with E-state index in [1.54, 1.807) is 19.3 Å². The highest BCUT2D eigenvalue weighted by Crippen LogP contribution is 2.32. The van der Waals surface area contributed by atoms with Gasteiger partial charge < -0.3 is 9.32 Å². The molecule has 3 heterocycles. The third kappa shape index (κ3) is 3.66. The maximum atomic E-state index is 13.2. The van der Waals surface area contributed by atoms with Gasteiger partial charge in [-0.25, -0.2) is 13.1 Å². The largest absolute Gasteiger partial charge is 0.448 e. The lowest BCUT2D eigenvalue weighted by molar-refractivity contribution is 0.0679. The number of sulfonamides is 1. The second-order valence-corrected chi connectivity index (χ2v) is 8.20. The Balaban J connectivity index is 1.96. The molecule has 3 rings (SSSR count). The van der Waals surface area contributed by atoms with Crippen molar-refractivity contribution in [2.45, 2.75) is 43.7 Å². The molecule has 0 aliphatic carbocycles. The number of carbonyl (C=O) groups excluding carboxylic acids is 1. The summed E-state index contributed by atoms with van der Waals surface area (Å²) in [6, 6.07) is 5.12. The number of aryl methyl sites for hydroxylation is 1. The predicted molar refractivity (Wildman–Crippen MR) is 96.2 cm³/mol. The second-order valence-electron chi connectivity index (χ2n) is 6.39. The minimum atomic E-state index is -3.73. The summed E-state index contributed by atoms with van der Waals surface area (Å²) in [5.74, 6) is 0.106. The average Bonchev–Trinajstić information content (AvgIpc) is 2.89. The first-order valence-electron chi connectivity index (χ1n) is 8.69. The summed E-state index contributed by atoms with van der Waals surface area (Å²) in [5, 5.41) is -0.240. The fraction of sp³-hybridized carbons (Fsp3) is 0.444. The fourth-order valence-electron chi connectivity index (χ4n) is 3.34.